The molecule has 4 heteroatoms. The smallest absolute Gasteiger partial charge is 0.248 e. The molecule has 1 rings (SSSR count). The third kappa shape index (κ3) is 1.74. The maximum atomic E-state index is 11.0. The van der Waals surface area contributed by atoms with Crippen LogP contribution in [0.4, 0.5) is 0 Å². The minimum Gasteiger partial charge on any atom is -0.507 e. The number of amides is 1. The molecule has 3 N–H and O–H groups in total. The lowest BCUT2D eigenvalue weighted by atomic mass is 10.0. The first kappa shape index (κ1) is 10.2. The molecule has 0 radical (unpaired) electrons. The van der Waals surface area contributed by atoms with Gasteiger partial charge in [0.25, 0.3) is 0 Å². The van der Waals surface area contributed by atoms with Crippen LogP contribution in [0.3, 0.4) is 0 Å². The van der Waals surface area contributed by atoms with Crippen LogP contribution in [0.2, 0.25) is 0 Å². The molecule has 0 saturated heterocycles. The first-order valence-corrected chi connectivity index (χ1v) is 4.08. The Hall–Kier alpha value is -1.84. The van der Waals surface area contributed by atoms with E-state index in [0.717, 1.165) is 0 Å². The number of Topliss-reactive ketones (excluding diaryl/α,β-unsaturated/α-hetero) is 1. The second-order valence-electron chi connectivity index (χ2n) is 3.10. The molecular weight excluding hydrogens is 182 g/mol. The number of hydrogen-bond acceptors (Lipinski definition) is 3. The number of primary amides is 1. The van der Waals surface area contributed by atoms with E-state index < -0.39 is 5.91 Å². The molecular formula is C10H11NO3. The third-order valence-corrected chi connectivity index (χ3v) is 1.99. The van der Waals surface area contributed by atoms with Gasteiger partial charge in [-0.15, -0.1) is 0 Å². The number of phenolic OH excluding ortho intramolecular Hbond substituents is 1. The molecule has 1 aromatic rings. The topological polar surface area (TPSA) is 80.4 Å². The maximum Gasteiger partial charge on any atom is 0.248 e. The van der Waals surface area contributed by atoms with Crippen molar-refractivity contribution in [2.75, 3.05) is 0 Å². The Kier molecular flexibility index (Phi) is 2.56. The Balaban J connectivity index is 3.42. The first-order valence-electron chi connectivity index (χ1n) is 4.08. The number of nitrogens with two attached hydrogens (primary N) is 1. The van der Waals surface area contributed by atoms with Crippen LogP contribution in [-0.4, -0.2) is 16.8 Å². The Bertz CT molecular complexity index is 375. The van der Waals surface area contributed by atoms with Crippen LogP contribution < -0.4 is 5.73 Å². The van der Waals surface area contributed by atoms with Crippen molar-refractivity contribution in [1.29, 1.82) is 0 Å². The van der Waals surface area contributed by atoms with E-state index >= 15 is 0 Å². The van der Waals surface area contributed by atoms with Gasteiger partial charge in [-0.05, 0) is 31.5 Å². The fraction of sp³-hybridized carbons (Fsp3) is 0.200. The van der Waals surface area contributed by atoms with E-state index in [1.165, 1.54) is 19.1 Å². The zero-order chi connectivity index (χ0) is 10.9. The Morgan fingerprint density at radius 3 is 2.29 bits per heavy atom. The molecule has 0 aliphatic carbocycles. The highest BCUT2D eigenvalue weighted by Gasteiger charge is 2.12. The van der Waals surface area contributed by atoms with Crippen LogP contribution in [0, 0.1) is 6.92 Å². The van der Waals surface area contributed by atoms with Crippen molar-refractivity contribution in [3.63, 3.8) is 0 Å². The Morgan fingerprint density at radius 2 is 1.86 bits per heavy atom. The maximum absolute atomic E-state index is 11.0. The van der Waals surface area contributed by atoms with E-state index in [4.69, 9.17) is 5.73 Å². The van der Waals surface area contributed by atoms with Gasteiger partial charge in [0.15, 0.2) is 5.78 Å². The number of carbonyl (C=O) groups is 2. The zero-order valence-electron chi connectivity index (χ0n) is 8.00. The van der Waals surface area contributed by atoms with Crippen molar-refractivity contribution in [3.05, 3.63) is 28.8 Å². The van der Waals surface area contributed by atoms with E-state index in [0.29, 0.717) is 5.56 Å². The van der Waals surface area contributed by atoms with Crippen molar-refractivity contribution in [3.8, 4) is 5.75 Å². The van der Waals surface area contributed by atoms with Crippen molar-refractivity contribution in [2.45, 2.75) is 13.8 Å². The standard InChI is InChI=1S/C10H11NO3/c1-5-3-9(13)8(6(2)12)4-7(5)10(11)14/h3-4,13H,1-2H3,(H2,11,14). The summed E-state index contributed by atoms with van der Waals surface area (Å²) in [5.74, 6) is -1.03. The van der Waals surface area contributed by atoms with E-state index in [1.54, 1.807) is 6.92 Å². The number of hydrogen-bond donors (Lipinski definition) is 2. The normalized spacial score (nSPS) is 9.86. The summed E-state index contributed by atoms with van der Waals surface area (Å²) in [4.78, 5) is 22.0. The summed E-state index contributed by atoms with van der Waals surface area (Å²) in [6.07, 6.45) is 0. The second-order valence-corrected chi connectivity index (χ2v) is 3.10. The molecule has 0 aliphatic rings. The number of rotatable bonds is 2. The van der Waals surface area contributed by atoms with Crippen LogP contribution >= 0.6 is 0 Å². The van der Waals surface area contributed by atoms with Gasteiger partial charge >= 0.3 is 0 Å². The average Bonchev–Trinajstić information content (AvgIpc) is 2.02. The van der Waals surface area contributed by atoms with Gasteiger partial charge in [0, 0.05) is 5.56 Å². The number of aryl methyl sites for hydroxylation is 1. The van der Waals surface area contributed by atoms with Gasteiger partial charge in [-0.2, -0.15) is 0 Å². The van der Waals surface area contributed by atoms with Gasteiger partial charge in [0.05, 0.1) is 5.56 Å². The summed E-state index contributed by atoms with van der Waals surface area (Å²) in [5.41, 5.74) is 6.03. The summed E-state index contributed by atoms with van der Waals surface area (Å²) in [6, 6.07) is 2.67. The number of aromatic hydroxyl groups is 1. The summed E-state index contributed by atoms with van der Waals surface area (Å²) in [5, 5.41) is 9.40. The zero-order valence-corrected chi connectivity index (χ0v) is 8.00. The summed E-state index contributed by atoms with van der Waals surface area (Å²) in [7, 11) is 0. The molecule has 0 heterocycles. The molecule has 0 aromatic heterocycles. The predicted molar refractivity (Wildman–Crippen MR) is 51.4 cm³/mol. The molecule has 0 aliphatic heterocycles. The van der Waals surface area contributed by atoms with Gasteiger partial charge in [0.1, 0.15) is 5.75 Å². The molecule has 0 spiro atoms. The minimum atomic E-state index is -0.606. The highest BCUT2D eigenvalue weighted by Crippen LogP contribution is 2.22. The van der Waals surface area contributed by atoms with Gasteiger partial charge in [0.2, 0.25) is 5.91 Å². The van der Waals surface area contributed by atoms with Crippen LogP contribution in [0.15, 0.2) is 12.1 Å². The monoisotopic (exact) mass is 193 g/mol. The highest BCUT2D eigenvalue weighted by molar-refractivity contribution is 6.01. The molecule has 14 heavy (non-hydrogen) atoms. The fourth-order valence-corrected chi connectivity index (χ4v) is 1.24. The van der Waals surface area contributed by atoms with Gasteiger partial charge in [-0.3, -0.25) is 9.59 Å². The lowest BCUT2D eigenvalue weighted by Gasteiger charge is -2.06. The number of carbonyl (C=O) groups excluding carboxylic acids is 2. The van der Waals surface area contributed by atoms with Crippen LogP contribution in [0.5, 0.6) is 5.75 Å². The summed E-state index contributed by atoms with van der Waals surface area (Å²) >= 11 is 0. The molecule has 74 valence electrons. The molecule has 0 saturated carbocycles. The number of phenols is 1. The SMILES string of the molecule is CC(=O)c1cc(C(N)=O)c(C)cc1O. The first-order chi connectivity index (χ1) is 6.43. The van der Waals surface area contributed by atoms with E-state index in [9.17, 15) is 14.7 Å². The molecule has 0 unspecified atom stereocenters. The van der Waals surface area contributed by atoms with E-state index in [1.807, 2.05) is 0 Å². The lowest BCUT2D eigenvalue weighted by molar-refractivity contribution is 0.0999. The van der Waals surface area contributed by atoms with Crippen LogP contribution in [-0.2, 0) is 0 Å². The van der Waals surface area contributed by atoms with Crippen molar-refractivity contribution in [2.24, 2.45) is 5.73 Å². The average molecular weight is 193 g/mol. The molecule has 1 amide bonds. The molecule has 0 atom stereocenters. The third-order valence-electron chi connectivity index (χ3n) is 1.99. The lowest BCUT2D eigenvalue weighted by Crippen LogP contribution is -2.13. The van der Waals surface area contributed by atoms with Crippen LogP contribution in [0.25, 0.3) is 0 Å². The van der Waals surface area contributed by atoms with Gasteiger partial charge in [-0.1, -0.05) is 0 Å². The summed E-state index contributed by atoms with van der Waals surface area (Å²) < 4.78 is 0. The van der Waals surface area contributed by atoms with Gasteiger partial charge < -0.3 is 10.8 Å². The van der Waals surface area contributed by atoms with Crippen molar-refractivity contribution in [1.82, 2.24) is 0 Å². The Labute approximate surface area is 81.3 Å². The minimum absolute atomic E-state index is 0.115. The second kappa shape index (κ2) is 3.49. The molecule has 0 fully saturated rings. The molecule has 4 nitrogen and oxygen atoms in total. The highest BCUT2D eigenvalue weighted by atomic mass is 16.3. The number of ketones is 1. The summed E-state index contributed by atoms with van der Waals surface area (Å²) in [6.45, 7) is 2.96. The van der Waals surface area contributed by atoms with Crippen molar-refractivity contribution < 1.29 is 14.7 Å². The quantitative estimate of drug-likeness (QED) is 0.687. The van der Waals surface area contributed by atoms with Crippen LogP contribution in [0.1, 0.15) is 33.2 Å². The molecule has 1 aromatic carbocycles. The fourth-order valence-electron chi connectivity index (χ4n) is 1.24. The van der Waals surface area contributed by atoms with E-state index in [-0.39, 0.29) is 22.7 Å². The number of benzene rings is 1. The predicted octanol–water partition coefficient (Wildman–Crippen LogP) is 1.00. The van der Waals surface area contributed by atoms with Crippen molar-refractivity contribution >= 4 is 11.7 Å². The van der Waals surface area contributed by atoms with E-state index in [2.05, 4.69) is 0 Å². The molecule has 0 bridgehead atoms. The Morgan fingerprint density at radius 1 is 1.29 bits per heavy atom. The van der Waals surface area contributed by atoms with Gasteiger partial charge in [-0.25, -0.2) is 0 Å². The largest absolute Gasteiger partial charge is 0.507 e.